The number of aryl methyl sites for hydroxylation is 1. The summed E-state index contributed by atoms with van der Waals surface area (Å²) in [6, 6.07) is 18.2. The normalized spacial score (nSPS) is 16.0. The van der Waals surface area contributed by atoms with E-state index in [9.17, 15) is 4.57 Å². The highest BCUT2D eigenvalue weighted by Gasteiger charge is 2.39. The van der Waals surface area contributed by atoms with Gasteiger partial charge < -0.3 is 4.57 Å². The SMILES string of the molecule is Cc1ccc(C(C)NP(=O)(c2ccccc2)C(C)(C)C)cc1. The number of rotatable bonds is 4. The van der Waals surface area contributed by atoms with Crippen LogP contribution in [-0.2, 0) is 4.57 Å². The topological polar surface area (TPSA) is 29.1 Å². The first-order chi connectivity index (χ1) is 10.2. The smallest absolute Gasteiger partial charge is 0.181 e. The highest BCUT2D eigenvalue weighted by atomic mass is 31.2. The summed E-state index contributed by atoms with van der Waals surface area (Å²) in [5.74, 6) is 0. The number of nitrogens with one attached hydrogen (secondary N) is 1. The summed E-state index contributed by atoms with van der Waals surface area (Å²) in [5, 5.41) is 3.99. The lowest BCUT2D eigenvalue weighted by Crippen LogP contribution is -2.34. The summed E-state index contributed by atoms with van der Waals surface area (Å²) < 4.78 is 13.8. The first kappa shape index (κ1) is 17.0. The lowest BCUT2D eigenvalue weighted by molar-refractivity contribution is 0.533. The van der Waals surface area contributed by atoms with Crippen molar-refractivity contribution in [2.45, 2.75) is 45.8 Å². The second-order valence-corrected chi connectivity index (χ2v) is 10.2. The first-order valence-electron chi connectivity index (χ1n) is 7.74. The summed E-state index contributed by atoms with van der Waals surface area (Å²) in [5.41, 5.74) is 2.39. The Kier molecular flexibility index (Phi) is 4.94. The molecule has 0 amide bonds. The van der Waals surface area contributed by atoms with E-state index in [1.807, 2.05) is 51.1 Å². The molecule has 2 aromatic rings. The molecule has 118 valence electrons. The van der Waals surface area contributed by atoms with Crippen LogP contribution in [0.25, 0.3) is 0 Å². The second kappa shape index (κ2) is 6.40. The maximum absolute atomic E-state index is 13.8. The Hall–Kier alpha value is -1.37. The molecule has 22 heavy (non-hydrogen) atoms. The Morgan fingerprint density at radius 1 is 0.955 bits per heavy atom. The molecule has 2 nitrogen and oxygen atoms in total. The fourth-order valence-corrected chi connectivity index (χ4v) is 5.09. The van der Waals surface area contributed by atoms with Gasteiger partial charge in [0.25, 0.3) is 0 Å². The van der Waals surface area contributed by atoms with Gasteiger partial charge >= 0.3 is 0 Å². The summed E-state index contributed by atoms with van der Waals surface area (Å²) in [6.07, 6.45) is 0. The van der Waals surface area contributed by atoms with Gasteiger partial charge in [-0.3, -0.25) is 5.09 Å². The molecule has 0 radical (unpaired) electrons. The second-order valence-electron chi connectivity index (χ2n) is 6.88. The van der Waals surface area contributed by atoms with Gasteiger partial charge in [-0.2, -0.15) is 0 Å². The van der Waals surface area contributed by atoms with E-state index in [1.165, 1.54) is 5.56 Å². The molecule has 0 saturated heterocycles. The molecule has 2 aromatic carbocycles. The molecule has 3 heteroatoms. The van der Waals surface area contributed by atoms with Crippen molar-refractivity contribution in [2.24, 2.45) is 0 Å². The molecule has 2 unspecified atom stereocenters. The standard InChI is InChI=1S/C19H26NOP/c1-15-11-13-17(14-12-15)16(2)20-22(21,19(3,4)5)18-9-7-6-8-10-18/h6-14,16H,1-5H3,(H,20,21). The zero-order valence-electron chi connectivity index (χ0n) is 14.1. The van der Waals surface area contributed by atoms with E-state index in [1.54, 1.807) is 0 Å². The molecule has 0 fully saturated rings. The van der Waals surface area contributed by atoms with Crippen LogP contribution in [-0.4, -0.2) is 5.16 Å². The Labute approximate surface area is 134 Å². The Morgan fingerprint density at radius 2 is 1.50 bits per heavy atom. The van der Waals surface area contributed by atoms with Crippen LogP contribution in [0.1, 0.15) is 44.9 Å². The summed E-state index contributed by atoms with van der Waals surface area (Å²) in [4.78, 5) is 0. The lowest BCUT2D eigenvalue weighted by Gasteiger charge is -2.34. The molecule has 0 aliphatic carbocycles. The minimum atomic E-state index is -2.74. The van der Waals surface area contributed by atoms with Crippen molar-refractivity contribution in [3.8, 4) is 0 Å². The fraction of sp³-hybridized carbons (Fsp3) is 0.368. The van der Waals surface area contributed by atoms with Crippen LogP contribution in [0.15, 0.2) is 54.6 Å². The third-order valence-electron chi connectivity index (χ3n) is 4.02. The van der Waals surface area contributed by atoms with E-state index in [0.717, 1.165) is 10.9 Å². The molecule has 2 atom stereocenters. The third kappa shape index (κ3) is 3.51. The van der Waals surface area contributed by atoms with E-state index in [-0.39, 0.29) is 11.2 Å². The fourth-order valence-electron chi connectivity index (χ4n) is 2.50. The first-order valence-corrected chi connectivity index (χ1v) is 9.45. The van der Waals surface area contributed by atoms with Gasteiger partial charge in [0.2, 0.25) is 0 Å². The van der Waals surface area contributed by atoms with E-state index in [2.05, 4.69) is 43.2 Å². The Bertz CT molecular complexity index is 656. The van der Waals surface area contributed by atoms with Gasteiger partial charge in [-0.15, -0.1) is 0 Å². The maximum Gasteiger partial charge on any atom is 0.181 e. The van der Waals surface area contributed by atoms with Gasteiger partial charge in [0, 0.05) is 16.5 Å². The van der Waals surface area contributed by atoms with E-state index >= 15 is 0 Å². The van der Waals surface area contributed by atoms with Crippen LogP contribution in [0.3, 0.4) is 0 Å². The average Bonchev–Trinajstić information content (AvgIpc) is 2.47. The quantitative estimate of drug-likeness (QED) is 0.800. The highest BCUT2D eigenvalue weighted by molar-refractivity contribution is 7.71. The lowest BCUT2D eigenvalue weighted by atomic mass is 10.1. The third-order valence-corrected chi connectivity index (χ3v) is 7.68. The molecule has 0 aromatic heterocycles. The van der Waals surface area contributed by atoms with Gasteiger partial charge in [0.1, 0.15) is 0 Å². The number of benzene rings is 2. The average molecular weight is 315 g/mol. The van der Waals surface area contributed by atoms with Crippen molar-refractivity contribution >= 4 is 12.6 Å². The summed E-state index contributed by atoms with van der Waals surface area (Å²) in [6.45, 7) is 10.3. The largest absolute Gasteiger partial charge is 0.301 e. The van der Waals surface area contributed by atoms with Crippen LogP contribution >= 0.6 is 7.29 Å². The molecule has 0 saturated carbocycles. The van der Waals surface area contributed by atoms with Crippen molar-refractivity contribution in [2.75, 3.05) is 0 Å². The van der Waals surface area contributed by atoms with Crippen LogP contribution in [0.4, 0.5) is 0 Å². The molecule has 0 heterocycles. The predicted octanol–water partition coefficient (Wildman–Crippen LogP) is 5.05. The van der Waals surface area contributed by atoms with Gasteiger partial charge in [-0.1, -0.05) is 80.9 Å². The van der Waals surface area contributed by atoms with Crippen molar-refractivity contribution in [3.63, 3.8) is 0 Å². The Morgan fingerprint density at radius 3 is 2.00 bits per heavy atom. The summed E-state index contributed by atoms with van der Waals surface area (Å²) in [7, 11) is -2.74. The van der Waals surface area contributed by atoms with Gasteiger partial charge in [-0.05, 0) is 19.4 Å². The molecule has 0 aliphatic rings. The van der Waals surface area contributed by atoms with E-state index < -0.39 is 7.29 Å². The highest BCUT2D eigenvalue weighted by Crippen LogP contribution is 2.54. The number of hydrogen-bond donors (Lipinski definition) is 1. The zero-order chi connectivity index (χ0) is 16.4. The van der Waals surface area contributed by atoms with Crippen LogP contribution < -0.4 is 10.4 Å². The van der Waals surface area contributed by atoms with Crippen molar-refractivity contribution in [1.82, 2.24) is 5.09 Å². The molecule has 2 rings (SSSR count). The molecule has 1 N–H and O–H groups in total. The minimum absolute atomic E-state index is 0.0332. The minimum Gasteiger partial charge on any atom is -0.301 e. The van der Waals surface area contributed by atoms with E-state index in [0.29, 0.717) is 0 Å². The maximum atomic E-state index is 13.8. The van der Waals surface area contributed by atoms with Gasteiger partial charge in [0.05, 0.1) is 0 Å². The summed E-state index contributed by atoms with van der Waals surface area (Å²) >= 11 is 0. The van der Waals surface area contributed by atoms with E-state index in [4.69, 9.17) is 0 Å². The molecule has 0 bridgehead atoms. The monoisotopic (exact) mass is 315 g/mol. The van der Waals surface area contributed by atoms with Crippen LogP contribution in [0.2, 0.25) is 0 Å². The van der Waals surface area contributed by atoms with Gasteiger partial charge in [-0.25, -0.2) is 0 Å². The molecule has 0 aliphatic heterocycles. The molecular weight excluding hydrogens is 289 g/mol. The zero-order valence-corrected chi connectivity index (χ0v) is 15.0. The predicted molar refractivity (Wildman–Crippen MR) is 96.2 cm³/mol. The van der Waals surface area contributed by atoms with Gasteiger partial charge in [0.15, 0.2) is 7.29 Å². The van der Waals surface area contributed by atoms with Crippen molar-refractivity contribution in [1.29, 1.82) is 0 Å². The molecular formula is C19H26NOP. The van der Waals surface area contributed by atoms with Crippen molar-refractivity contribution in [3.05, 3.63) is 65.7 Å². The Balaban J connectivity index is 2.36. The molecule has 0 spiro atoms. The van der Waals surface area contributed by atoms with Crippen molar-refractivity contribution < 1.29 is 4.57 Å². The number of hydrogen-bond acceptors (Lipinski definition) is 1. The van der Waals surface area contributed by atoms with Crippen LogP contribution in [0, 0.1) is 6.92 Å². The van der Waals surface area contributed by atoms with Crippen LogP contribution in [0.5, 0.6) is 0 Å².